The number of halogens is 1. The van der Waals surface area contributed by atoms with Crippen molar-refractivity contribution in [1.82, 2.24) is 4.98 Å². The van der Waals surface area contributed by atoms with Gasteiger partial charge in [-0.1, -0.05) is 13.8 Å². The first-order valence-corrected chi connectivity index (χ1v) is 6.11. The highest BCUT2D eigenvalue weighted by Gasteiger charge is 2.08. The van der Waals surface area contributed by atoms with Crippen LogP contribution in [0.1, 0.15) is 20.3 Å². The Morgan fingerprint density at radius 1 is 1.56 bits per heavy atom. The smallest absolute Gasteiger partial charge is 0.140 e. The van der Waals surface area contributed by atoms with Gasteiger partial charge in [-0.2, -0.15) is 0 Å². The molecule has 4 nitrogen and oxygen atoms in total. The van der Waals surface area contributed by atoms with Gasteiger partial charge in [0, 0.05) is 6.54 Å². The lowest BCUT2D eigenvalue weighted by Gasteiger charge is -2.14. The second kappa shape index (κ2) is 6.06. The van der Waals surface area contributed by atoms with E-state index < -0.39 is 0 Å². The van der Waals surface area contributed by atoms with Crippen molar-refractivity contribution in [2.45, 2.75) is 26.4 Å². The van der Waals surface area contributed by atoms with Gasteiger partial charge in [-0.05, 0) is 34.3 Å². The third kappa shape index (κ3) is 4.37. The maximum atomic E-state index is 9.70. The fourth-order valence-electron chi connectivity index (χ4n) is 1.42. The Hall–Kier alpha value is -0.810. The van der Waals surface area contributed by atoms with Crippen LogP contribution in [-0.2, 0) is 0 Å². The molecule has 0 saturated heterocycles. The van der Waals surface area contributed by atoms with E-state index >= 15 is 0 Å². The first-order valence-electron chi connectivity index (χ1n) is 5.32. The summed E-state index contributed by atoms with van der Waals surface area (Å²) in [7, 11) is 0. The van der Waals surface area contributed by atoms with Crippen molar-refractivity contribution in [2.75, 3.05) is 17.6 Å². The fraction of sp³-hybridized carbons (Fsp3) is 0.545. The minimum absolute atomic E-state index is 0.355. The minimum Gasteiger partial charge on any atom is -0.397 e. The van der Waals surface area contributed by atoms with Gasteiger partial charge in [0.25, 0.3) is 0 Å². The number of pyridine rings is 1. The molecule has 1 rings (SSSR count). The maximum Gasteiger partial charge on any atom is 0.140 e. The van der Waals surface area contributed by atoms with E-state index in [0.29, 0.717) is 24.0 Å². The molecule has 1 heterocycles. The van der Waals surface area contributed by atoms with Crippen LogP contribution in [0.15, 0.2) is 16.7 Å². The maximum absolute atomic E-state index is 9.70. The number of rotatable bonds is 5. The first kappa shape index (κ1) is 13.3. The Morgan fingerprint density at radius 2 is 2.25 bits per heavy atom. The van der Waals surface area contributed by atoms with Crippen LogP contribution in [0.25, 0.3) is 0 Å². The molecular weight excluding hydrogens is 270 g/mol. The Labute approximate surface area is 104 Å². The standard InChI is InChI=1S/C11H18BrN3O/c1-7(2)3-9(16)6-15-11-10(12)4-8(13)5-14-11/h4-5,7,9,16H,3,6,13H2,1-2H3,(H,14,15). The molecular formula is C11H18BrN3O. The van der Waals surface area contributed by atoms with Crippen LogP contribution in [0.5, 0.6) is 0 Å². The van der Waals surface area contributed by atoms with Gasteiger partial charge in [0.2, 0.25) is 0 Å². The molecule has 0 fully saturated rings. The minimum atomic E-state index is -0.355. The molecule has 1 atom stereocenters. The molecule has 0 amide bonds. The molecule has 1 aromatic rings. The number of anilines is 2. The van der Waals surface area contributed by atoms with E-state index in [0.717, 1.165) is 10.9 Å². The predicted octanol–water partition coefficient (Wildman–Crippen LogP) is 2.25. The monoisotopic (exact) mass is 287 g/mol. The quantitative estimate of drug-likeness (QED) is 0.777. The fourth-order valence-corrected chi connectivity index (χ4v) is 1.93. The van der Waals surface area contributed by atoms with Crippen LogP contribution < -0.4 is 11.1 Å². The Balaban J connectivity index is 2.48. The Morgan fingerprint density at radius 3 is 2.81 bits per heavy atom. The number of nitrogens with two attached hydrogens (primary N) is 1. The van der Waals surface area contributed by atoms with Gasteiger partial charge in [-0.3, -0.25) is 0 Å². The second-order valence-electron chi connectivity index (χ2n) is 4.26. The number of hydrogen-bond donors (Lipinski definition) is 3. The number of nitrogen functional groups attached to an aromatic ring is 1. The van der Waals surface area contributed by atoms with Crippen molar-refractivity contribution in [3.63, 3.8) is 0 Å². The summed E-state index contributed by atoms with van der Waals surface area (Å²) in [6, 6.07) is 1.78. The molecule has 0 radical (unpaired) electrons. The number of aliphatic hydroxyl groups is 1. The molecule has 0 aromatic carbocycles. The molecule has 4 N–H and O–H groups in total. The van der Waals surface area contributed by atoms with E-state index in [-0.39, 0.29) is 6.10 Å². The van der Waals surface area contributed by atoms with Crippen LogP contribution >= 0.6 is 15.9 Å². The van der Waals surface area contributed by atoms with Crippen molar-refractivity contribution in [1.29, 1.82) is 0 Å². The summed E-state index contributed by atoms with van der Waals surface area (Å²) < 4.78 is 0.809. The van der Waals surface area contributed by atoms with E-state index in [4.69, 9.17) is 5.73 Å². The van der Waals surface area contributed by atoms with E-state index in [1.807, 2.05) is 0 Å². The van der Waals surface area contributed by atoms with Crippen molar-refractivity contribution in [3.05, 3.63) is 16.7 Å². The van der Waals surface area contributed by atoms with Gasteiger partial charge in [-0.25, -0.2) is 4.98 Å². The molecule has 0 spiro atoms. The molecule has 0 aliphatic carbocycles. The van der Waals surface area contributed by atoms with Gasteiger partial charge in [-0.15, -0.1) is 0 Å². The van der Waals surface area contributed by atoms with Crippen LogP contribution in [0.2, 0.25) is 0 Å². The van der Waals surface area contributed by atoms with Crippen molar-refractivity contribution in [3.8, 4) is 0 Å². The number of aliphatic hydroxyl groups excluding tert-OH is 1. The second-order valence-corrected chi connectivity index (χ2v) is 5.12. The van der Waals surface area contributed by atoms with E-state index in [1.54, 1.807) is 12.3 Å². The third-order valence-electron chi connectivity index (χ3n) is 2.11. The Kier molecular flexibility index (Phi) is 5.02. The van der Waals surface area contributed by atoms with Crippen molar-refractivity contribution in [2.24, 2.45) is 5.92 Å². The zero-order valence-corrected chi connectivity index (χ0v) is 11.2. The largest absolute Gasteiger partial charge is 0.397 e. The first-order chi connectivity index (χ1) is 7.49. The summed E-state index contributed by atoms with van der Waals surface area (Å²) >= 11 is 3.36. The van der Waals surface area contributed by atoms with E-state index in [9.17, 15) is 5.11 Å². The van der Waals surface area contributed by atoms with Crippen LogP contribution in [0.4, 0.5) is 11.5 Å². The lowest BCUT2D eigenvalue weighted by molar-refractivity contribution is 0.161. The SMILES string of the molecule is CC(C)CC(O)CNc1ncc(N)cc1Br. The lowest BCUT2D eigenvalue weighted by Crippen LogP contribution is -2.21. The van der Waals surface area contributed by atoms with E-state index in [1.165, 1.54) is 0 Å². The summed E-state index contributed by atoms with van der Waals surface area (Å²) in [5, 5.41) is 12.8. The summed E-state index contributed by atoms with van der Waals surface area (Å²) in [6.45, 7) is 4.66. The summed E-state index contributed by atoms with van der Waals surface area (Å²) in [5.74, 6) is 1.19. The average Bonchev–Trinajstić information content (AvgIpc) is 2.15. The number of nitrogens with one attached hydrogen (secondary N) is 1. The molecule has 5 heteroatoms. The zero-order chi connectivity index (χ0) is 12.1. The van der Waals surface area contributed by atoms with Gasteiger partial charge in [0.15, 0.2) is 0 Å². The number of hydrogen-bond acceptors (Lipinski definition) is 4. The molecule has 0 aliphatic rings. The van der Waals surface area contributed by atoms with E-state index in [2.05, 4.69) is 40.1 Å². The third-order valence-corrected chi connectivity index (χ3v) is 2.72. The topological polar surface area (TPSA) is 71.2 Å². The van der Waals surface area contributed by atoms with Gasteiger partial charge in [0.05, 0.1) is 22.5 Å². The molecule has 90 valence electrons. The van der Waals surface area contributed by atoms with Crippen molar-refractivity contribution >= 4 is 27.4 Å². The molecule has 1 aromatic heterocycles. The molecule has 0 aliphatic heterocycles. The highest BCUT2D eigenvalue weighted by atomic mass is 79.9. The summed E-state index contributed by atoms with van der Waals surface area (Å²) in [5.41, 5.74) is 6.19. The Bertz CT molecular complexity index is 344. The zero-order valence-electron chi connectivity index (χ0n) is 9.57. The van der Waals surface area contributed by atoms with Crippen LogP contribution in [0, 0.1) is 5.92 Å². The van der Waals surface area contributed by atoms with Gasteiger partial charge < -0.3 is 16.2 Å². The summed E-state index contributed by atoms with van der Waals surface area (Å²) in [4.78, 5) is 4.13. The number of aromatic nitrogens is 1. The van der Waals surface area contributed by atoms with Crippen LogP contribution in [0.3, 0.4) is 0 Å². The molecule has 16 heavy (non-hydrogen) atoms. The molecule has 0 saturated carbocycles. The van der Waals surface area contributed by atoms with Crippen LogP contribution in [-0.4, -0.2) is 22.7 Å². The highest BCUT2D eigenvalue weighted by Crippen LogP contribution is 2.21. The lowest BCUT2D eigenvalue weighted by atomic mass is 10.1. The average molecular weight is 288 g/mol. The molecule has 0 bridgehead atoms. The van der Waals surface area contributed by atoms with Crippen molar-refractivity contribution < 1.29 is 5.11 Å². The summed E-state index contributed by atoms with van der Waals surface area (Å²) in [6.07, 6.45) is 2.01. The van der Waals surface area contributed by atoms with Gasteiger partial charge >= 0.3 is 0 Å². The van der Waals surface area contributed by atoms with Gasteiger partial charge in [0.1, 0.15) is 5.82 Å². The highest BCUT2D eigenvalue weighted by molar-refractivity contribution is 9.10. The predicted molar refractivity (Wildman–Crippen MR) is 70.3 cm³/mol. The molecule has 1 unspecified atom stereocenters. The number of nitrogens with zero attached hydrogens (tertiary/aromatic N) is 1. The normalized spacial score (nSPS) is 12.8.